The number of nitrogens with two attached hydrogens (primary N) is 1. The lowest BCUT2D eigenvalue weighted by Crippen LogP contribution is -2.19. The number of hydrogen-bond donors (Lipinski definition) is 1. The zero-order valence-corrected chi connectivity index (χ0v) is 9.81. The normalized spacial score (nSPS) is 29.4. The molecule has 0 radical (unpaired) electrons. The standard InChI is InChI=1S/C12H19NS/c1-8-3-4-10(7-8)11(13)12-9(2)5-6-14-12/h5-6,8,10-11H,3-4,7,13H2,1-2H3. The van der Waals surface area contributed by atoms with E-state index in [2.05, 4.69) is 25.3 Å². The van der Waals surface area contributed by atoms with Crippen LogP contribution in [0.4, 0.5) is 0 Å². The molecule has 3 atom stereocenters. The Labute approximate surface area is 90.3 Å². The van der Waals surface area contributed by atoms with Crippen LogP contribution in [0.5, 0.6) is 0 Å². The van der Waals surface area contributed by atoms with Crippen LogP contribution in [0.3, 0.4) is 0 Å². The summed E-state index contributed by atoms with van der Waals surface area (Å²) in [6, 6.07) is 2.47. The summed E-state index contributed by atoms with van der Waals surface area (Å²) in [5, 5.41) is 2.16. The largest absolute Gasteiger partial charge is 0.323 e. The highest BCUT2D eigenvalue weighted by atomic mass is 32.1. The van der Waals surface area contributed by atoms with Crippen LogP contribution in [-0.4, -0.2) is 0 Å². The molecule has 2 heteroatoms. The van der Waals surface area contributed by atoms with E-state index in [0.717, 1.165) is 11.8 Å². The van der Waals surface area contributed by atoms with Gasteiger partial charge in [0.25, 0.3) is 0 Å². The van der Waals surface area contributed by atoms with Crippen LogP contribution >= 0.6 is 11.3 Å². The zero-order chi connectivity index (χ0) is 10.1. The van der Waals surface area contributed by atoms with Crippen LogP contribution in [0, 0.1) is 18.8 Å². The van der Waals surface area contributed by atoms with Crippen molar-refractivity contribution in [1.29, 1.82) is 0 Å². The molecule has 1 nitrogen and oxygen atoms in total. The lowest BCUT2D eigenvalue weighted by atomic mass is 9.95. The van der Waals surface area contributed by atoms with Gasteiger partial charge >= 0.3 is 0 Å². The van der Waals surface area contributed by atoms with Gasteiger partial charge in [0.05, 0.1) is 0 Å². The Morgan fingerprint density at radius 3 is 2.79 bits per heavy atom. The highest BCUT2D eigenvalue weighted by molar-refractivity contribution is 7.10. The number of rotatable bonds is 2. The fraction of sp³-hybridized carbons (Fsp3) is 0.667. The second-order valence-corrected chi connectivity index (χ2v) is 5.62. The van der Waals surface area contributed by atoms with Crippen molar-refractivity contribution in [3.05, 3.63) is 21.9 Å². The van der Waals surface area contributed by atoms with Crippen molar-refractivity contribution in [3.63, 3.8) is 0 Å². The lowest BCUT2D eigenvalue weighted by molar-refractivity contribution is 0.432. The SMILES string of the molecule is Cc1ccsc1C(N)C1CCC(C)C1. The first-order valence-electron chi connectivity index (χ1n) is 5.48. The highest BCUT2D eigenvalue weighted by Crippen LogP contribution is 2.39. The highest BCUT2D eigenvalue weighted by Gasteiger charge is 2.28. The molecule has 0 spiro atoms. The van der Waals surface area contributed by atoms with Crippen LogP contribution in [0.2, 0.25) is 0 Å². The summed E-state index contributed by atoms with van der Waals surface area (Å²) in [5.41, 5.74) is 7.70. The van der Waals surface area contributed by atoms with E-state index in [9.17, 15) is 0 Å². The second-order valence-electron chi connectivity index (χ2n) is 4.67. The molecular formula is C12H19NS. The molecule has 3 unspecified atom stereocenters. The molecule has 0 aliphatic heterocycles. The maximum Gasteiger partial charge on any atom is 0.0421 e. The fourth-order valence-electron chi connectivity index (χ4n) is 2.52. The first-order chi connectivity index (χ1) is 6.68. The fourth-order valence-corrected chi connectivity index (χ4v) is 3.54. The third-order valence-corrected chi connectivity index (χ3v) is 4.57. The Balaban J connectivity index is 2.09. The van der Waals surface area contributed by atoms with Crippen molar-refractivity contribution in [3.8, 4) is 0 Å². The molecule has 1 aromatic rings. The predicted octanol–water partition coefficient (Wildman–Crippen LogP) is 3.49. The monoisotopic (exact) mass is 209 g/mol. The molecule has 0 saturated heterocycles. The van der Waals surface area contributed by atoms with Crippen LogP contribution in [0.15, 0.2) is 11.4 Å². The molecule has 1 saturated carbocycles. The van der Waals surface area contributed by atoms with Crippen molar-refractivity contribution >= 4 is 11.3 Å². The van der Waals surface area contributed by atoms with Crippen molar-refractivity contribution in [2.45, 2.75) is 39.2 Å². The molecule has 0 aromatic carbocycles. The summed E-state index contributed by atoms with van der Waals surface area (Å²) >= 11 is 1.82. The summed E-state index contributed by atoms with van der Waals surface area (Å²) < 4.78 is 0. The van der Waals surface area contributed by atoms with Gasteiger partial charge in [0.2, 0.25) is 0 Å². The molecule has 2 N–H and O–H groups in total. The first-order valence-corrected chi connectivity index (χ1v) is 6.36. The van der Waals surface area contributed by atoms with Gasteiger partial charge < -0.3 is 5.73 Å². The zero-order valence-electron chi connectivity index (χ0n) is 8.99. The molecule has 1 heterocycles. The molecule has 1 fully saturated rings. The van der Waals surface area contributed by atoms with Gasteiger partial charge in [0, 0.05) is 10.9 Å². The van der Waals surface area contributed by atoms with E-state index < -0.39 is 0 Å². The Bertz CT molecular complexity index is 305. The van der Waals surface area contributed by atoms with Gasteiger partial charge in [0.1, 0.15) is 0 Å². The van der Waals surface area contributed by atoms with Crippen LogP contribution < -0.4 is 5.73 Å². The Hall–Kier alpha value is -0.340. The molecule has 1 aliphatic carbocycles. The van der Waals surface area contributed by atoms with Crippen LogP contribution in [0.25, 0.3) is 0 Å². The summed E-state index contributed by atoms with van der Waals surface area (Å²) in [6.45, 7) is 4.51. The van der Waals surface area contributed by atoms with Gasteiger partial charge in [-0.2, -0.15) is 0 Å². The number of hydrogen-bond acceptors (Lipinski definition) is 2. The van der Waals surface area contributed by atoms with Crippen molar-refractivity contribution in [1.82, 2.24) is 0 Å². The van der Waals surface area contributed by atoms with Crippen LogP contribution in [-0.2, 0) is 0 Å². The molecule has 1 aromatic heterocycles. The molecule has 14 heavy (non-hydrogen) atoms. The van der Waals surface area contributed by atoms with E-state index in [1.54, 1.807) is 0 Å². The van der Waals surface area contributed by atoms with E-state index in [1.807, 2.05) is 11.3 Å². The van der Waals surface area contributed by atoms with E-state index >= 15 is 0 Å². The van der Waals surface area contributed by atoms with Crippen molar-refractivity contribution < 1.29 is 0 Å². The Morgan fingerprint density at radius 2 is 2.29 bits per heavy atom. The lowest BCUT2D eigenvalue weighted by Gasteiger charge is -2.18. The van der Waals surface area contributed by atoms with Gasteiger partial charge in [-0.05, 0) is 48.6 Å². The van der Waals surface area contributed by atoms with Crippen LogP contribution in [0.1, 0.15) is 42.7 Å². The molecule has 2 rings (SSSR count). The maximum atomic E-state index is 6.32. The minimum Gasteiger partial charge on any atom is -0.323 e. The topological polar surface area (TPSA) is 26.0 Å². The first kappa shape index (κ1) is 10.2. The van der Waals surface area contributed by atoms with E-state index in [4.69, 9.17) is 5.73 Å². The maximum absolute atomic E-state index is 6.32. The number of thiophene rings is 1. The third kappa shape index (κ3) is 1.86. The van der Waals surface area contributed by atoms with E-state index in [-0.39, 0.29) is 0 Å². The molecule has 1 aliphatic rings. The molecule has 0 amide bonds. The molecular weight excluding hydrogens is 190 g/mol. The Morgan fingerprint density at radius 1 is 1.50 bits per heavy atom. The average Bonchev–Trinajstić information content (AvgIpc) is 2.73. The summed E-state index contributed by atoms with van der Waals surface area (Å²) in [5.74, 6) is 1.61. The third-order valence-electron chi connectivity index (χ3n) is 3.45. The minimum absolute atomic E-state index is 0.292. The molecule has 78 valence electrons. The van der Waals surface area contributed by atoms with Gasteiger partial charge in [-0.3, -0.25) is 0 Å². The van der Waals surface area contributed by atoms with Gasteiger partial charge in [-0.15, -0.1) is 11.3 Å². The second kappa shape index (κ2) is 4.03. The average molecular weight is 209 g/mol. The molecule has 0 bridgehead atoms. The smallest absolute Gasteiger partial charge is 0.0421 e. The quantitative estimate of drug-likeness (QED) is 0.792. The minimum atomic E-state index is 0.292. The van der Waals surface area contributed by atoms with Gasteiger partial charge in [0.15, 0.2) is 0 Å². The van der Waals surface area contributed by atoms with Crippen molar-refractivity contribution in [2.75, 3.05) is 0 Å². The van der Waals surface area contributed by atoms with E-state index in [1.165, 1.54) is 29.7 Å². The summed E-state index contributed by atoms with van der Waals surface area (Å²) in [6.07, 6.45) is 4.00. The van der Waals surface area contributed by atoms with Crippen molar-refractivity contribution in [2.24, 2.45) is 17.6 Å². The van der Waals surface area contributed by atoms with Gasteiger partial charge in [-0.25, -0.2) is 0 Å². The van der Waals surface area contributed by atoms with E-state index in [0.29, 0.717) is 6.04 Å². The Kier molecular flexibility index (Phi) is 2.93. The number of aryl methyl sites for hydroxylation is 1. The summed E-state index contributed by atoms with van der Waals surface area (Å²) in [7, 11) is 0. The van der Waals surface area contributed by atoms with Gasteiger partial charge in [-0.1, -0.05) is 13.3 Å². The summed E-state index contributed by atoms with van der Waals surface area (Å²) in [4.78, 5) is 1.41. The predicted molar refractivity (Wildman–Crippen MR) is 62.5 cm³/mol.